The number of aromatic hydroxyl groups is 1. The molecule has 0 aliphatic heterocycles. The third kappa shape index (κ3) is 3.40. The Morgan fingerprint density at radius 2 is 2.11 bits per heavy atom. The van der Waals surface area contributed by atoms with Crippen LogP contribution in [0.1, 0.15) is 82.8 Å². The maximum absolute atomic E-state index is 12.3. The second-order valence-corrected chi connectivity index (χ2v) is 9.49. The first-order chi connectivity index (χ1) is 13.4. The highest BCUT2D eigenvalue weighted by Gasteiger charge is 2.56. The van der Waals surface area contributed by atoms with Gasteiger partial charge in [0.1, 0.15) is 18.0 Å². The highest BCUT2D eigenvalue weighted by Crippen LogP contribution is 2.61. The molecule has 154 valence electrons. The molecule has 0 aromatic heterocycles. The van der Waals surface area contributed by atoms with Crippen LogP contribution < -0.4 is 0 Å². The summed E-state index contributed by atoms with van der Waals surface area (Å²) in [5, 5.41) is 9.83. The minimum absolute atomic E-state index is 0.0269. The highest BCUT2D eigenvalue weighted by atomic mass is 16.7. The molecule has 3 aliphatic rings. The molecule has 4 rings (SSSR count). The fourth-order valence-corrected chi connectivity index (χ4v) is 6.49. The molecule has 4 nitrogen and oxygen atoms in total. The highest BCUT2D eigenvalue weighted by molar-refractivity contribution is 5.60. The molecular weight excluding hydrogens is 352 g/mol. The first-order valence-corrected chi connectivity index (χ1v) is 11.1. The predicted molar refractivity (Wildman–Crippen MR) is 108 cm³/mol. The van der Waals surface area contributed by atoms with Gasteiger partial charge in [0.25, 0.3) is 0 Å². The monoisotopic (exact) mass is 386 g/mol. The van der Waals surface area contributed by atoms with Gasteiger partial charge in [-0.3, -0.25) is 0 Å². The van der Waals surface area contributed by atoms with Gasteiger partial charge >= 0.3 is 6.16 Å². The Morgan fingerprint density at radius 3 is 2.89 bits per heavy atom. The lowest BCUT2D eigenvalue weighted by atomic mass is 9.55. The van der Waals surface area contributed by atoms with Crippen molar-refractivity contribution < 1.29 is 19.4 Å². The van der Waals surface area contributed by atoms with E-state index in [4.69, 9.17) is 9.47 Å². The number of hydrogen-bond acceptors (Lipinski definition) is 4. The fraction of sp³-hybridized carbons (Fsp3) is 0.708. The van der Waals surface area contributed by atoms with Crippen molar-refractivity contribution in [1.29, 1.82) is 0 Å². The summed E-state index contributed by atoms with van der Waals surface area (Å²) in [7, 11) is 0. The Kier molecular flexibility index (Phi) is 5.32. The van der Waals surface area contributed by atoms with Gasteiger partial charge in [0.2, 0.25) is 0 Å². The van der Waals surface area contributed by atoms with Gasteiger partial charge < -0.3 is 14.6 Å². The van der Waals surface area contributed by atoms with Crippen LogP contribution in [-0.2, 0) is 15.9 Å². The number of phenolic OH excluding ortho intramolecular Hbond substituents is 1. The van der Waals surface area contributed by atoms with Crippen LogP contribution in [0.25, 0.3) is 0 Å². The second kappa shape index (κ2) is 7.61. The zero-order valence-corrected chi connectivity index (χ0v) is 17.4. The van der Waals surface area contributed by atoms with Gasteiger partial charge in [0, 0.05) is 5.41 Å². The average molecular weight is 387 g/mol. The van der Waals surface area contributed by atoms with E-state index in [0.717, 1.165) is 44.9 Å². The van der Waals surface area contributed by atoms with E-state index in [1.165, 1.54) is 17.5 Å². The third-order valence-corrected chi connectivity index (χ3v) is 7.85. The minimum atomic E-state index is -0.487. The summed E-state index contributed by atoms with van der Waals surface area (Å²) < 4.78 is 11.3. The molecule has 28 heavy (non-hydrogen) atoms. The summed E-state index contributed by atoms with van der Waals surface area (Å²) in [6.45, 7) is 6.36. The maximum Gasteiger partial charge on any atom is 0.508 e. The van der Waals surface area contributed by atoms with E-state index in [2.05, 4.69) is 19.9 Å². The van der Waals surface area contributed by atoms with Gasteiger partial charge in [0.15, 0.2) is 0 Å². The van der Waals surface area contributed by atoms with Gasteiger partial charge in [0.05, 0.1) is 0 Å². The van der Waals surface area contributed by atoms with Crippen molar-refractivity contribution in [3.8, 4) is 5.75 Å². The molecule has 1 aromatic rings. The number of hydrogen-bond donors (Lipinski definition) is 1. The van der Waals surface area contributed by atoms with Crippen molar-refractivity contribution in [2.45, 2.75) is 90.3 Å². The Morgan fingerprint density at radius 1 is 1.29 bits per heavy atom. The standard InChI is InChI=1S/C24H34O4/c1-4-5-15(2)27-23(26)28-22-11-10-21-20-8-6-16-14-17(25)7-9-18(16)19(20)12-13-24(21,22)3/h7,9,14-15,19-22,25H,4-6,8,10-13H2,1-3H3/t15?,19?,20?,21?,22-,24-/m0/s1. The molecule has 2 fully saturated rings. The van der Waals surface area contributed by atoms with Gasteiger partial charge in [-0.1, -0.05) is 26.3 Å². The van der Waals surface area contributed by atoms with Crippen LogP contribution in [0, 0.1) is 17.3 Å². The summed E-state index contributed by atoms with van der Waals surface area (Å²) in [4.78, 5) is 12.3. The Labute approximate surface area is 168 Å². The SMILES string of the molecule is CCCC(C)OC(=O)O[C@H]1CCC2C3CCc4cc(O)ccc4C3CC[C@@]21C. The van der Waals surface area contributed by atoms with Gasteiger partial charge in [-0.05, 0) is 92.9 Å². The molecule has 0 heterocycles. The lowest BCUT2D eigenvalue weighted by Gasteiger charge is -2.50. The summed E-state index contributed by atoms with van der Waals surface area (Å²) in [6.07, 6.45) is 7.80. The molecule has 2 saturated carbocycles. The molecular formula is C24H34O4. The van der Waals surface area contributed by atoms with Crippen LogP contribution in [0.5, 0.6) is 5.75 Å². The van der Waals surface area contributed by atoms with Gasteiger partial charge in [-0.2, -0.15) is 0 Å². The Bertz CT molecular complexity index is 729. The minimum Gasteiger partial charge on any atom is -0.508 e. The number of phenols is 1. The molecule has 3 aliphatic carbocycles. The van der Waals surface area contributed by atoms with E-state index in [0.29, 0.717) is 23.5 Å². The molecule has 0 amide bonds. The zero-order chi connectivity index (χ0) is 19.9. The summed E-state index contributed by atoms with van der Waals surface area (Å²) in [6, 6.07) is 5.93. The fourth-order valence-electron chi connectivity index (χ4n) is 6.49. The molecule has 0 radical (unpaired) electrons. The summed E-state index contributed by atoms with van der Waals surface area (Å²) in [5.74, 6) is 2.21. The molecule has 6 atom stereocenters. The van der Waals surface area contributed by atoms with Crippen LogP contribution >= 0.6 is 0 Å². The van der Waals surface area contributed by atoms with E-state index in [1.807, 2.05) is 19.1 Å². The van der Waals surface area contributed by atoms with Crippen molar-refractivity contribution in [3.63, 3.8) is 0 Å². The van der Waals surface area contributed by atoms with Crippen molar-refractivity contribution in [2.75, 3.05) is 0 Å². The van der Waals surface area contributed by atoms with E-state index in [-0.39, 0.29) is 17.6 Å². The molecule has 4 unspecified atom stereocenters. The molecule has 0 spiro atoms. The lowest BCUT2D eigenvalue weighted by Crippen LogP contribution is -2.45. The molecule has 1 aromatic carbocycles. The number of fused-ring (bicyclic) bond motifs is 5. The lowest BCUT2D eigenvalue weighted by molar-refractivity contribution is -0.0622. The van der Waals surface area contributed by atoms with Crippen LogP contribution in [0.4, 0.5) is 4.79 Å². The first-order valence-electron chi connectivity index (χ1n) is 11.1. The van der Waals surface area contributed by atoms with E-state index in [1.54, 1.807) is 0 Å². The Balaban J connectivity index is 1.46. The third-order valence-electron chi connectivity index (χ3n) is 7.85. The van der Waals surface area contributed by atoms with Crippen molar-refractivity contribution in [3.05, 3.63) is 29.3 Å². The summed E-state index contributed by atoms with van der Waals surface area (Å²) >= 11 is 0. The molecule has 4 heteroatoms. The van der Waals surface area contributed by atoms with Crippen molar-refractivity contribution >= 4 is 6.16 Å². The largest absolute Gasteiger partial charge is 0.508 e. The van der Waals surface area contributed by atoms with E-state index in [9.17, 15) is 9.90 Å². The quantitative estimate of drug-likeness (QED) is 0.649. The number of carbonyl (C=O) groups excluding carboxylic acids is 1. The van der Waals surface area contributed by atoms with Crippen molar-refractivity contribution in [1.82, 2.24) is 0 Å². The number of carbonyl (C=O) groups is 1. The predicted octanol–water partition coefficient (Wildman–Crippen LogP) is 5.96. The van der Waals surface area contributed by atoms with Gasteiger partial charge in [-0.15, -0.1) is 0 Å². The maximum atomic E-state index is 12.3. The number of benzene rings is 1. The van der Waals surface area contributed by atoms with Crippen LogP contribution in [0.3, 0.4) is 0 Å². The normalized spacial score (nSPS) is 34.7. The number of ether oxygens (including phenoxy) is 2. The number of rotatable bonds is 4. The zero-order valence-electron chi connectivity index (χ0n) is 17.4. The van der Waals surface area contributed by atoms with Gasteiger partial charge in [-0.25, -0.2) is 4.79 Å². The second-order valence-electron chi connectivity index (χ2n) is 9.49. The number of aryl methyl sites for hydroxylation is 1. The summed E-state index contributed by atoms with van der Waals surface area (Å²) in [5.41, 5.74) is 2.82. The average Bonchev–Trinajstić information content (AvgIpc) is 2.97. The molecule has 0 saturated heterocycles. The van der Waals surface area contributed by atoms with Crippen molar-refractivity contribution in [2.24, 2.45) is 17.3 Å². The van der Waals surface area contributed by atoms with E-state index < -0.39 is 6.16 Å². The molecule has 1 N–H and O–H groups in total. The van der Waals surface area contributed by atoms with Crippen LogP contribution in [-0.4, -0.2) is 23.5 Å². The smallest absolute Gasteiger partial charge is 0.508 e. The topological polar surface area (TPSA) is 55.8 Å². The first kappa shape index (κ1) is 19.6. The van der Waals surface area contributed by atoms with E-state index >= 15 is 0 Å². The van der Waals surface area contributed by atoms with Crippen LogP contribution in [0.15, 0.2) is 18.2 Å². The molecule has 0 bridgehead atoms. The van der Waals surface area contributed by atoms with Crippen LogP contribution in [0.2, 0.25) is 0 Å². The Hall–Kier alpha value is -1.71.